The first-order chi connectivity index (χ1) is 11.3. The van der Waals surface area contributed by atoms with Gasteiger partial charge in [0.1, 0.15) is 11.1 Å². The Hall–Kier alpha value is -1.24. The number of thiazole rings is 1. The zero-order valence-electron chi connectivity index (χ0n) is 13.6. The molecule has 4 rings (SSSR count). The van der Waals surface area contributed by atoms with Gasteiger partial charge in [0, 0.05) is 42.4 Å². The zero-order chi connectivity index (χ0) is 15.6. The first kappa shape index (κ1) is 15.3. The van der Waals surface area contributed by atoms with E-state index in [4.69, 9.17) is 9.72 Å². The summed E-state index contributed by atoms with van der Waals surface area (Å²) in [5.74, 6) is 0. The quantitative estimate of drug-likeness (QED) is 0.915. The molecule has 0 unspecified atom stereocenters. The maximum atomic E-state index is 6.05. The van der Waals surface area contributed by atoms with Crippen molar-refractivity contribution in [1.82, 2.24) is 20.1 Å². The van der Waals surface area contributed by atoms with Crippen LogP contribution in [0.2, 0.25) is 0 Å². The van der Waals surface area contributed by atoms with Crippen LogP contribution in [0.25, 0.3) is 0 Å². The predicted octanol–water partition coefficient (Wildman–Crippen LogP) is 2.86. The molecule has 1 aliphatic heterocycles. The normalized spacial score (nSPS) is 24.0. The predicted molar refractivity (Wildman–Crippen MR) is 90.6 cm³/mol. The number of aromatic nitrogens is 3. The van der Waals surface area contributed by atoms with Gasteiger partial charge < -0.3 is 10.1 Å². The van der Waals surface area contributed by atoms with Crippen LogP contribution in [-0.4, -0.2) is 27.4 Å². The van der Waals surface area contributed by atoms with Crippen LogP contribution in [-0.2, 0) is 30.7 Å². The van der Waals surface area contributed by atoms with Gasteiger partial charge in [-0.25, -0.2) is 4.98 Å². The van der Waals surface area contributed by atoms with Gasteiger partial charge in [-0.15, -0.1) is 11.3 Å². The van der Waals surface area contributed by atoms with E-state index in [2.05, 4.69) is 23.5 Å². The molecular weight excluding hydrogens is 308 g/mol. The maximum Gasteiger partial charge on any atom is 0.107 e. The summed E-state index contributed by atoms with van der Waals surface area (Å²) in [6.07, 6.45) is 10.1. The van der Waals surface area contributed by atoms with Crippen molar-refractivity contribution in [2.24, 2.45) is 0 Å². The Morgan fingerprint density at radius 3 is 3.17 bits per heavy atom. The third kappa shape index (κ3) is 3.20. The highest BCUT2D eigenvalue weighted by Gasteiger charge is 2.28. The van der Waals surface area contributed by atoms with Gasteiger partial charge in [0.2, 0.25) is 0 Å². The minimum absolute atomic E-state index is 0.107. The van der Waals surface area contributed by atoms with E-state index in [1.807, 2.05) is 22.2 Å². The van der Waals surface area contributed by atoms with Gasteiger partial charge in [0.05, 0.1) is 11.9 Å². The lowest BCUT2D eigenvalue weighted by molar-refractivity contribution is -0.0112. The van der Waals surface area contributed by atoms with E-state index in [0.29, 0.717) is 6.04 Å². The van der Waals surface area contributed by atoms with Crippen LogP contribution >= 0.6 is 11.3 Å². The zero-order valence-corrected chi connectivity index (χ0v) is 14.4. The topological polar surface area (TPSA) is 52.0 Å². The molecule has 1 aliphatic carbocycles. The average Bonchev–Trinajstić information content (AvgIpc) is 3.28. The summed E-state index contributed by atoms with van der Waals surface area (Å²) in [6, 6.07) is 0.344. The first-order valence-electron chi connectivity index (χ1n) is 8.68. The van der Waals surface area contributed by atoms with Crippen molar-refractivity contribution in [2.75, 3.05) is 6.61 Å². The second-order valence-corrected chi connectivity index (χ2v) is 7.55. The van der Waals surface area contributed by atoms with Gasteiger partial charge in [-0.05, 0) is 39.0 Å². The number of nitrogens with one attached hydrogen (secondary N) is 1. The number of fused-ring (bicyclic) bond motifs is 1. The molecule has 0 spiro atoms. The number of nitrogens with zero attached hydrogens (tertiary/aromatic N) is 3. The standard InChI is InChI=1S/C17H24N4OS/c1-2-21-11-12(9-19-21)17-14(6-4-8-22-17)18-10-16-20-13-5-3-7-15(13)23-16/h9,11,14,17-18H,2-8,10H2,1H3/t14-,17+/m0/s1. The molecule has 2 aromatic heterocycles. The van der Waals surface area contributed by atoms with Crippen molar-refractivity contribution < 1.29 is 4.74 Å². The second kappa shape index (κ2) is 6.71. The fourth-order valence-electron chi connectivity index (χ4n) is 3.56. The van der Waals surface area contributed by atoms with Crippen molar-refractivity contribution in [3.05, 3.63) is 33.5 Å². The molecule has 0 bridgehead atoms. The molecule has 1 fully saturated rings. The molecular formula is C17H24N4OS. The number of hydrogen-bond acceptors (Lipinski definition) is 5. The Kier molecular flexibility index (Phi) is 4.46. The smallest absolute Gasteiger partial charge is 0.107 e. The summed E-state index contributed by atoms with van der Waals surface area (Å²) in [4.78, 5) is 6.29. The molecule has 0 radical (unpaired) electrons. The second-order valence-electron chi connectivity index (χ2n) is 6.38. The molecule has 1 saturated heterocycles. The summed E-state index contributed by atoms with van der Waals surface area (Å²) >= 11 is 1.88. The highest BCUT2D eigenvalue weighted by Crippen LogP contribution is 2.30. The molecule has 0 amide bonds. The maximum absolute atomic E-state index is 6.05. The lowest BCUT2D eigenvalue weighted by Gasteiger charge is -2.31. The molecule has 3 heterocycles. The summed E-state index contributed by atoms with van der Waals surface area (Å²) in [7, 11) is 0. The minimum Gasteiger partial charge on any atom is -0.372 e. The third-order valence-electron chi connectivity index (χ3n) is 4.78. The van der Waals surface area contributed by atoms with Gasteiger partial charge in [0.25, 0.3) is 0 Å². The highest BCUT2D eigenvalue weighted by molar-refractivity contribution is 7.11. The Morgan fingerprint density at radius 2 is 2.35 bits per heavy atom. The Labute approximate surface area is 141 Å². The monoisotopic (exact) mass is 332 g/mol. The molecule has 6 heteroatoms. The first-order valence-corrected chi connectivity index (χ1v) is 9.50. The van der Waals surface area contributed by atoms with Crippen LogP contribution in [0.15, 0.2) is 12.4 Å². The SMILES string of the molecule is CCn1cc([C@H]2OCCC[C@@H]2NCc2nc3c(s2)CCC3)cn1. The van der Waals surface area contributed by atoms with E-state index in [9.17, 15) is 0 Å². The summed E-state index contributed by atoms with van der Waals surface area (Å²) < 4.78 is 8.02. The van der Waals surface area contributed by atoms with Gasteiger partial charge in [-0.1, -0.05) is 0 Å². The average molecular weight is 332 g/mol. The highest BCUT2D eigenvalue weighted by atomic mass is 32.1. The van der Waals surface area contributed by atoms with Crippen LogP contribution in [0.3, 0.4) is 0 Å². The number of ether oxygens (including phenoxy) is 1. The summed E-state index contributed by atoms with van der Waals surface area (Å²) in [6.45, 7) is 4.70. The van der Waals surface area contributed by atoms with Crippen molar-refractivity contribution >= 4 is 11.3 Å². The summed E-state index contributed by atoms with van der Waals surface area (Å²) in [5.41, 5.74) is 2.53. The van der Waals surface area contributed by atoms with Crippen LogP contribution in [0.5, 0.6) is 0 Å². The molecule has 2 aliphatic rings. The largest absolute Gasteiger partial charge is 0.372 e. The van der Waals surface area contributed by atoms with Crippen molar-refractivity contribution in [3.8, 4) is 0 Å². The van der Waals surface area contributed by atoms with E-state index in [0.717, 1.165) is 39.0 Å². The Bertz CT molecular complexity index is 644. The third-order valence-corrected chi connectivity index (χ3v) is 5.94. The van der Waals surface area contributed by atoms with Crippen molar-refractivity contribution in [2.45, 2.75) is 64.3 Å². The van der Waals surface area contributed by atoms with Gasteiger partial charge in [-0.3, -0.25) is 4.68 Å². The van der Waals surface area contributed by atoms with E-state index in [1.54, 1.807) is 0 Å². The van der Waals surface area contributed by atoms with Crippen molar-refractivity contribution in [3.63, 3.8) is 0 Å². The van der Waals surface area contributed by atoms with Gasteiger partial charge in [0.15, 0.2) is 0 Å². The molecule has 124 valence electrons. The molecule has 23 heavy (non-hydrogen) atoms. The molecule has 2 atom stereocenters. The van der Waals surface area contributed by atoms with E-state index in [1.165, 1.54) is 34.0 Å². The van der Waals surface area contributed by atoms with Gasteiger partial charge >= 0.3 is 0 Å². The molecule has 2 aromatic rings. The number of rotatable bonds is 5. The van der Waals surface area contributed by atoms with Crippen molar-refractivity contribution in [1.29, 1.82) is 0 Å². The van der Waals surface area contributed by atoms with E-state index < -0.39 is 0 Å². The minimum atomic E-state index is 0.107. The van der Waals surface area contributed by atoms with Crippen LogP contribution < -0.4 is 5.32 Å². The van der Waals surface area contributed by atoms with Gasteiger partial charge in [-0.2, -0.15) is 5.10 Å². The van der Waals surface area contributed by atoms with E-state index in [-0.39, 0.29) is 6.10 Å². The Balaban J connectivity index is 1.42. The van der Waals surface area contributed by atoms with Crippen LogP contribution in [0.4, 0.5) is 0 Å². The molecule has 0 saturated carbocycles. The van der Waals surface area contributed by atoms with Crippen LogP contribution in [0, 0.1) is 0 Å². The molecule has 1 N–H and O–H groups in total. The van der Waals surface area contributed by atoms with E-state index >= 15 is 0 Å². The lowest BCUT2D eigenvalue weighted by atomic mass is 9.98. The summed E-state index contributed by atoms with van der Waals surface area (Å²) in [5, 5.41) is 9.31. The lowest BCUT2D eigenvalue weighted by Crippen LogP contribution is -2.39. The fourth-order valence-corrected chi connectivity index (χ4v) is 4.66. The molecule has 0 aromatic carbocycles. The molecule has 5 nitrogen and oxygen atoms in total. The Morgan fingerprint density at radius 1 is 1.39 bits per heavy atom. The number of hydrogen-bond donors (Lipinski definition) is 1. The number of aryl methyl sites for hydroxylation is 3. The van der Waals surface area contributed by atoms with Crippen LogP contribution in [0.1, 0.15) is 53.4 Å². The fraction of sp³-hybridized carbons (Fsp3) is 0.647.